The van der Waals surface area contributed by atoms with Gasteiger partial charge in [-0.25, -0.2) is 9.59 Å². The molecule has 122 valence electrons. The Bertz CT molecular complexity index is 558. The van der Waals surface area contributed by atoms with Crippen molar-refractivity contribution in [1.82, 2.24) is 0 Å². The van der Waals surface area contributed by atoms with E-state index in [0.717, 1.165) is 0 Å². The maximum atomic E-state index is 11.6. The number of carbonyl (C=O) groups is 2. The minimum atomic E-state index is -1.11. The number of hydrogen-bond acceptors (Lipinski definition) is 2. The van der Waals surface area contributed by atoms with E-state index >= 15 is 0 Å². The average Bonchev–Trinajstić information content (AvgIpc) is 2.45. The molecule has 8 heteroatoms. The van der Waals surface area contributed by atoms with Gasteiger partial charge in [0.25, 0.3) is 0 Å². The van der Waals surface area contributed by atoms with Crippen LogP contribution in [0.4, 0.5) is 0 Å². The molecule has 0 saturated carbocycles. The fourth-order valence-electron chi connectivity index (χ4n) is 2.07. The fraction of sp³-hybridized carbons (Fsp3) is 0.429. The number of benzene rings is 1. The minimum absolute atomic E-state index is 0.0484. The van der Waals surface area contributed by atoms with Crippen molar-refractivity contribution in [1.29, 1.82) is 0 Å². The molecule has 0 aliphatic rings. The zero-order valence-electron chi connectivity index (χ0n) is 11.8. The summed E-state index contributed by atoms with van der Waals surface area (Å²) in [4.78, 5) is 23.2. The summed E-state index contributed by atoms with van der Waals surface area (Å²) in [6, 6.07) is 2.65. The van der Waals surface area contributed by atoms with Crippen LogP contribution in [0, 0.1) is 0 Å². The number of hydrogen-bond donors (Lipinski definition) is 2. The second kappa shape index (κ2) is 7.32. The molecule has 0 amide bonds. The number of carboxylic acids is 2. The maximum absolute atomic E-state index is 11.6. The fourth-order valence-corrected chi connectivity index (χ4v) is 3.72. The van der Waals surface area contributed by atoms with E-state index in [0.29, 0.717) is 24.0 Å². The molecule has 1 aromatic carbocycles. The van der Waals surface area contributed by atoms with Crippen molar-refractivity contribution in [3.05, 3.63) is 34.4 Å². The number of aromatic carboxylic acids is 2. The highest BCUT2D eigenvalue weighted by Crippen LogP contribution is 2.53. The Hall–Kier alpha value is 0.0800. The van der Waals surface area contributed by atoms with Gasteiger partial charge in [-0.1, -0.05) is 77.6 Å². The predicted molar refractivity (Wildman–Crippen MR) is 100 cm³/mol. The highest BCUT2D eigenvalue weighted by atomic mass is 79.9. The van der Waals surface area contributed by atoms with Crippen LogP contribution in [0.1, 0.15) is 58.5 Å². The Morgan fingerprint density at radius 2 is 1.14 bits per heavy atom. The van der Waals surface area contributed by atoms with Crippen LogP contribution in [0.5, 0.6) is 0 Å². The van der Waals surface area contributed by atoms with Crippen molar-refractivity contribution in [3.63, 3.8) is 0 Å². The van der Waals surface area contributed by atoms with E-state index < -0.39 is 18.4 Å². The van der Waals surface area contributed by atoms with Gasteiger partial charge in [0, 0.05) is 11.1 Å². The van der Waals surface area contributed by atoms with Gasteiger partial charge in [-0.05, 0) is 25.0 Å². The summed E-state index contributed by atoms with van der Waals surface area (Å²) in [6.45, 7) is 3.73. The van der Waals surface area contributed by atoms with Gasteiger partial charge in [0.05, 0.1) is 11.1 Å². The van der Waals surface area contributed by atoms with Gasteiger partial charge in [0.1, 0.15) is 6.47 Å². The van der Waals surface area contributed by atoms with Gasteiger partial charge in [-0.2, -0.15) is 0 Å². The number of alkyl halides is 4. The molecule has 0 heterocycles. The van der Waals surface area contributed by atoms with Crippen molar-refractivity contribution >= 4 is 75.7 Å². The molecule has 0 saturated heterocycles. The first-order valence-corrected chi connectivity index (χ1v) is 9.57. The van der Waals surface area contributed by atoms with Crippen molar-refractivity contribution in [2.75, 3.05) is 0 Å². The van der Waals surface area contributed by atoms with Crippen LogP contribution in [0.3, 0.4) is 0 Å². The van der Waals surface area contributed by atoms with Gasteiger partial charge >= 0.3 is 11.9 Å². The van der Waals surface area contributed by atoms with E-state index in [1.165, 1.54) is 12.1 Å². The third kappa shape index (κ3) is 3.94. The number of halogens is 4. The molecule has 0 aromatic heterocycles. The van der Waals surface area contributed by atoms with Gasteiger partial charge in [0.2, 0.25) is 0 Å². The highest BCUT2D eigenvalue weighted by Gasteiger charge is 2.40. The lowest BCUT2D eigenvalue weighted by Gasteiger charge is -2.31. The molecule has 0 atom stereocenters. The molecule has 1 aromatic rings. The molecule has 0 fully saturated rings. The molecule has 0 aliphatic carbocycles. The Balaban J connectivity index is 3.99. The molecule has 1 rings (SSSR count). The first-order chi connectivity index (χ1) is 9.99. The van der Waals surface area contributed by atoms with E-state index in [9.17, 15) is 19.8 Å². The molecule has 0 aliphatic heterocycles. The summed E-state index contributed by atoms with van der Waals surface area (Å²) in [6.07, 6.45) is 1.03. The van der Waals surface area contributed by atoms with E-state index in [2.05, 4.69) is 63.7 Å². The van der Waals surface area contributed by atoms with Gasteiger partial charge in [0.15, 0.2) is 0 Å². The number of carboxylic acid groups (broad SMARTS) is 2. The Morgan fingerprint density at radius 3 is 1.32 bits per heavy atom. The molecule has 22 heavy (non-hydrogen) atoms. The van der Waals surface area contributed by atoms with Crippen molar-refractivity contribution in [2.24, 2.45) is 0 Å². The molecular weight excluding hydrogens is 552 g/mol. The van der Waals surface area contributed by atoms with Crippen molar-refractivity contribution in [2.45, 2.75) is 33.2 Å². The quantitative estimate of drug-likeness (QED) is 0.428. The van der Waals surface area contributed by atoms with Crippen LogP contribution in [0.25, 0.3) is 0 Å². The molecule has 4 nitrogen and oxygen atoms in total. The zero-order valence-corrected chi connectivity index (χ0v) is 18.1. The van der Waals surface area contributed by atoms with Crippen LogP contribution >= 0.6 is 63.7 Å². The van der Waals surface area contributed by atoms with Gasteiger partial charge < -0.3 is 10.2 Å². The molecular formula is C14H14Br4O4. The smallest absolute Gasteiger partial charge is 0.336 e. The second-order valence-electron chi connectivity index (χ2n) is 4.64. The molecule has 0 radical (unpaired) electrons. The first kappa shape index (κ1) is 20.1. The standard InChI is InChI=1S/C14H14Br4O4/c1-3-13(15,16)9-7(11(19)20)5-6-8(12(21)22)10(9)14(17,18)4-2/h5-6H,3-4H2,1-2H3,(H,19,20)(H,21,22). The van der Waals surface area contributed by atoms with Gasteiger partial charge in [-0.15, -0.1) is 0 Å². The summed E-state index contributed by atoms with van der Waals surface area (Å²) in [5, 5.41) is 19.0. The molecule has 0 spiro atoms. The Labute approximate surface area is 162 Å². The van der Waals surface area contributed by atoms with Crippen molar-refractivity contribution < 1.29 is 19.8 Å². The monoisotopic (exact) mass is 562 g/mol. The minimum Gasteiger partial charge on any atom is -0.478 e. The van der Waals surface area contributed by atoms with Crippen molar-refractivity contribution in [3.8, 4) is 0 Å². The van der Waals surface area contributed by atoms with E-state index in [-0.39, 0.29) is 11.1 Å². The largest absolute Gasteiger partial charge is 0.478 e. The number of rotatable bonds is 6. The third-order valence-corrected chi connectivity index (χ3v) is 7.11. The third-order valence-electron chi connectivity index (χ3n) is 3.29. The average molecular weight is 566 g/mol. The van der Waals surface area contributed by atoms with Crippen LogP contribution in [0.2, 0.25) is 0 Å². The van der Waals surface area contributed by atoms with E-state index in [1.54, 1.807) is 0 Å². The lowest BCUT2D eigenvalue weighted by atomic mass is 9.90. The second-order valence-corrected chi connectivity index (χ2v) is 12.2. The van der Waals surface area contributed by atoms with Crippen LogP contribution in [-0.2, 0) is 6.47 Å². The summed E-state index contributed by atoms with van der Waals surface area (Å²) in [7, 11) is 0. The maximum Gasteiger partial charge on any atom is 0.336 e. The summed E-state index contributed by atoms with van der Waals surface area (Å²) in [5.41, 5.74) is 0.871. The summed E-state index contributed by atoms with van der Waals surface area (Å²) in [5.74, 6) is -2.23. The lowest BCUT2D eigenvalue weighted by Crippen LogP contribution is -2.25. The van der Waals surface area contributed by atoms with E-state index in [4.69, 9.17) is 0 Å². The molecule has 0 unspecified atom stereocenters. The molecule has 2 N–H and O–H groups in total. The topological polar surface area (TPSA) is 74.6 Å². The Kier molecular flexibility index (Phi) is 6.69. The SMILES string of the molecule is CCC(Br)(Br)c1c(C(=O)O)ccc(C(=O)O)c1C(Br)(Br)CC. The Morgan fingerprint density at radius 1 is 0.864 bits per heavy atom. The van der Waals surface area contributed by atoms with E-state index in [1.807, 2.05) is 13.8 Å². The summed E-state index contributed by atoms with van der Waals surface area (Å²) < 4.78 is -1.70. The highest BCUT2D eigenvalue weighted by molar-refractivity contribution is 9.25. The van der Waals surface area contributed by atoms with Crippen LogP contribution < -0.4 is 0 Å². The first-order valence-electron chi connectivity index (χ1n) is 6.39. The van der Waals surface area contributed by atoms with Crippen LogP contribution in [0.15, 0.2) is 12.1 Å². The normalized spacial score (nSPS) is 12.3. The lowest BCUT2D eigenvalue weighted by molar-refractivity contribution is 0.0678. The predicted octanol–water partition coefficient (Wildman–Crippen LogP) is 5.79. The van der Waals surface area contributed by atoms with Crippen LogP contribution in [-0.4, -0.2) is 22.2 Å². The zero-order chi connectivity index (χ0) is 17.3. The summed E-state index contributed by atoms with van der Waals surface area (Å²) >= 11 is 13.9. The van der Waals surface area contributed by atoms with Gasteiger partial charge in [-0.3, -0.25) is 0 Å². The molecule has 0 bridgehead atoms.